The van der Waals surface area contributed by atoms with Crippen LogP contribution in [0.3, 0.4) is 0 Å². The number of carbonyl (C=O) groups is 2. The fourth-order valence-corrected chi connectivity index (χ4v) is 7.01. The van der Waals surface area contributed by atoms with Crippen molar-refractivity contribution in [1.29, 1.82) is 0 Å². The monoisotopic (exact) mass is 564 g/mol. The lowest BCUT2D eigenvalue weighted by atomic mass is 9.89. The highest BCUT2D eigenvalue weighted by Crippen LogP contribution is 2.47. The molecule has 1 fully saturated rings. The molecule has 0 aliphatic carbocycles. The van der Waals surface area contributed by atoms with Crippen molar-refractivity contribution in [1.82, 2.24) is 4.90 Å². The Kier molecular flexibility index (Phi) is 8.80. The van der Waals surface area contributed by atoms with E-state index in [9.17, 15) is 9.59 Å². The molecule has 3 aromatic carbocycles. The number of fused-ring (bicyclic) bond motifs is 1. The van der Waals surface area contributed by atoms with Crippen molar-refractivity contribution in [2.24, 2.45) is 0 Å². The fourth-order valence-electron chi connectivity index (χ4n) is 5.42. The number of halogens is 1. The van der Waals surface area contributed by atoms with E-state index in [0.29, 0.717) is 23.2 Å². The molecular weight excluding hydrogens is 532 g/mol. The van der Waals surface area contributed by atoms with Gasteiger partial charge in [-0.25, -0.2) is 0 Å². The van der Waals surface area contributed by atoms with E-state index in [2.05, 4.69) is 35.2 Å². The Morgan fingerprint density at radius 2 is 1.69 bits per heavy atom. The van der Waals surface area contributed by atoms with Crippen LogP contribution in [0.4, 0.5) is 5.69 Å². The number of esters is 1. The van der Waals surface area contributed by atoms with Crippen LogP contribution in [-0.4, -0.2) is 56.2 Å². The minimum absolute atomic E-state index is 0.223. The molecule has 8 heteroatoms. The second kappa shape index (κ2) is 12.5. The van der Waals surface area contributed by atoms with Crippen molar-refractivity contribution < 1.29 is 19.1 Å². The molecule has 1 amide bonds. The number of anilines is 1. The van der Waals surface area contributed by atoms with Gasteiger partial charge in [-0.1, -0.05) is 54.1 Å². The Hall–Kier alpha value is -3.00. The van der Waals surface area contributed by atoms with E-state index < -0.39 is 17.3 Å². The lowest BCUT2D eigenvalue weighted by molar-refractivity contribution is -0.152. The van der Waals surface area contributed by atoms with Crippen LogP contribution in [0, 0.1) is 0 Å². The first-order chi connectivity index (χ1) is 18.9. The standard InChI is InChI=1S/C31H33ClN2O4S/c1-21(35)38-29-30(24-8-11-26(37-2)12-9-24)39-28-20-25(32)10-13-27(28)34(31(29)36)19-18-33-16-14-23(15-17-33)22-6-4-3-5-7-22/h3-13,20,23,29-30H,14-19H2,1-2H3. The number of piperidine rings is 1. The zero-order chi connectivity index (χ0) is 27.4. The summed E-state index contributed by atoms with van der Waals surface area (Å²) in [5.74, 6) is 0.576. The summed E-state index contributed by atoms with van der Waals surface area (Å²) in [4.78, 5) is 31.4. The molecule has 0 spiro atoms. The minimum Gasteiger partial charge on any atom is -0.497 e. The van der Waals surface area contributed by atoms with Gasteiger partial charge in [0.05, 0.1) is 18.0 Å². The molecule has 1 saturated heterocycles. The smallest absolute Gasteiger partial charge is 0.303 e. The van der Waals surface area contributed by atoms with Gasteiger partial charge < -0.3 is 19.3 Å². The fraction of sp³-hybridized carbons (Fsp3) is 0.355. The third kappa shape index (κ3) is 6.43. The maximum Gasteiger partial charge on any atom is 0.303 e. The Labute approximate surface area is 239 Å². The van der Waals surface area contributed by atoms with Gasteiger partial charge in [0.1, 0.15) is 5.75 Å². The molecule has 0 N–H and O–H groups in total. The summed E-state index contributed by atoms with van der Waals surface area (Å²) in [7, 11) is 1.61. The summed E-state index contributed by atoms with van der Waals surface area (Å²) in [5.41, 5.74) is 3.06. The van der Waals surface area contributed by atoms with Gasteiger partial charge in [0.15, 0.2) is 6.10 Å². The number of amides is 1. The van der Waals surface area contributed by atoms with Crippen molar-refractivity contribution >= 4 is 40.9 Å². The average molecular weight is 565 g/mol. The predicted molar refractivity (Wildman–Crippen MR) is 156 cm³/mol. The number of benzene rings is 3. The summed E-state index contributed by atoms with van der Waals surface area (Å²) in [6, 6.07) is 23.8. The number of likely N-dealkylation sites (tertiary alicyclic amines) is 1. The predicted octanol–water partition coefficient (Wildman–Crippen LogP) is 6.34. The molecule has 0 bridgehead atoms. The largest absolute Gasteiger partial charge is 0.497 e. The first-order valence-corrected chi connectivity index (χ1v) is 14.5. The van der Waals surface area contributed by atoms with Gasteiger partial charge in [-0.3, -0.25) is 9.59 Å². The van der Waals surface area contributed by atoms with E-state index in [1.54, 1.807) is 18.1 Å². The lowest BCUT2D eigenvalue weighted by Gasteiger charge is -2.34. The summed E-state index contributed by atoms with van der Waals surface area (Å²) in [6.45, 7) is 4.54. The van der Waals surface area contributed by atoms with E-state index in [0.717, 1.165) is 48.6 Å². The van der Waals surface area contributed by atoms with Crippen LogP contribution in [0.15, 0.2) is 77.7 Å². The van der Waals surface area contributed by atoms with Crippen LogP contribution in [0.5, 0.6) is 5.75 Å². The number of thioether (sulfide) groups is 1. The summed E-state index contributed by atoms with van der Waals surface area (Å²) in [5, 5.41) is 0.159. The van der Waals surface area contributed by atoms with Gasteiger partial charge >= 0.3 is 5.97 Å². The van der Waals surface area contributed by atoms with E-state index in [1.165, 1.54) is 24.2 Å². The van der Waals surface area contributed by atoms with Gasteiger partial charge in [-0.2, -0.15) is 0 Å². The Morgan fingerprint density at radius 1 is 0.974 bits per heavy atom. The number of methoxy groups -OCH3 is 1. The zero-order valence-corrected chi connectivity index (χ0v) is 23.8. The van der Waals surface area contributed by atoms with E-state index in [1.807, 2.05) is 36.4 Å². The first kappa shape index (κ1) is 27.6. The van der Waals surface area contributed by atoms with Crippen LogP contribution in [0.25, 0.3) is 0 Å². The van der Waals surface area contributed by atoms with Gasteiger partial charge in [-0.15, -0.1) is 11.8 Å². The van der Waals surface area contributed by atoms with E-state index in [4.69, 9.17) is 21.1 Å². The quantitative estimate of drug-likeness (QED) is 0.312. The molecule has 0 saturated carbocycles. The number of carbonyl (C=O) groups excluding carboxylic acids is 2. The third-order valence-corrected chi connectivity index (χ3v) is 9.08. The molecule has 2 atom stereocenters. The highest BCUT2D eigenvalue weighted by atomic mass is 35.5. The second-order valence-corrected chi connectivity index (χ2v) is 11.6. The topological polar surface area (TPSA) is 59.1 Å². The molecule has 39 heavy (non-hydrogen) atoms. The molecule has 0 radical (unpaired) electrons. The molecule has 2 aliphatic rings. The van der Waals surface area contributed by atoms with Gasteiger partial charge in [-0.05, 0) is 73.3 Å². The van der Waals surface area contributed by atoms with Crippen molar-refractivity contribution in [3.05, 3.63) is 88.9 Å². The molecule has 0 aromatic heterocycles. The minimum atomic E-state index is -0.976. The normalized spacial score (nSPS) is 20.3. The van der Waals surface area contributed by atoms with Crippen molar-refractivity contribution in [2.45, 2.75) is 41.9 Å². The molecule has 2 heterocycles. The third-order valence-electron chi connectivity index (χ3n) is 7.49. The molecular formula is C31H33ClN2O4S. The van der Waals surface area contributed by atoms with Crippen molar-refractivity contribution in [2.75, 3.05) is 38.2 Å². The molecule has 6 nitrogen and oxygen atoms in total. The van der Waals surface area contributed by atoms with Crippen LogP contribution in [-0.2, 0) is 14.3 Å². The molecule has 3 aromatic rings. The van der Waals surface area contributed by atoms with Crippen LogP contribution in [0.2, 0.25) is 5.02 Å². The maximum atomic E-state index is 14.1. The maximum absolute atomic E-state index is 14.1. The first-order valence-electron chi connectivity index (χ1n) is 13.3. The highest BCUT2D eigenvalue weighted by Gasteiger charge is 2.41. The second-order valence-electron chi connectivity index (χ2n) is 9.97. The van der Waals surface area contributed by atoms with Crippen LogP contribution < -0.4 is 9.64 Å². The lowest BCUT2D eigenvalue weighted by Crippen LogP contribution is -2.46. The van der Waals surface area contributed by atoms with E-state index in [-0.39, 0.29) is 5.91 Å². The van der Waals surface area contributed by atoms with Crippen LogP contribution in [0.1, 0.15) is 42.1 Å². The number of nitrogens with zero attached hydrogens (tertiary/aromatic N) is 2. The Morgan fingerprint density at radius 3 is 2.36 bits per heavy atom. The number of ether oxygens (including phenoxy) is 2. The molecule has 204 valence electrons. The average Bonchev–Trinajstić information content (AvgIpc) is 3.06. The summed E-state index contributed by atoms with van der Waals surface area (Å²) in [6.07, 6.45) is 1.21. The van der Waals surface area contributed by atoms with Gasteiger partial charge in [0.2, 0.25) is 0 Å². The molecule has 5 rings (SSSR count). The highest BCUT2D eigenvalue weighted by molar-refractivity contribution is 7.99. The van der Waals surface area contributed by atoms with E-state index >= 15 is 0 Å². The summed E-state index contributed by atoms with van der Waals surface area (Å²) >= 11 is 7.90. The van der Waals surface area contributed by atoms with Crippen LogP contribution >= 0.6 is 23.4 Å². The molecule has 2 unspecified atom stereocenters. The Balaban J connectivity index is 1.38. The Bertz CT molecular complexity index is 1300. The number of hydrogen-bond donors (Lipinski definition) is 0. The number of rotatable bonds is 7. The molecule has 2 aliphatic heterocycles. The summed E-state index contributed by atoms with van der Waals surface area (Å²) < 4.78 is 11.0. The van der Waals surface area contributed by atoms with Crippen molar-refractivity contribution in [3.8, 4) is 5.75 Å². The van der Waals surface area contributed by atoms with Gasteiger partial charge in [0.25, 0.3) is 5.91 Å². The van der Waals surface area contributed by atoms with Crippen molar-refractivity contribution in [3.63, 3.8) is 0 Å². The zero-order valence-electron chi connectivity index (χ0n) is 22.2. The SMILES string of the molecule is COc1ccc(C2Sc3cc(Cl)ccc3N(CCN3CCC(c4ccccc4)CC3)C(=O)C2OC(C)=O)cc1. The van der Waals surface area contributed by atoms with Gasteiger partial charge in [0, 0.05) is 29.9 Å². The number of hydrogen-bond acceptors (Lipinski definition) is 6.